The Hall–Kier alpha value is -0.290. The van der Waals surface area contributed by atoms with Crippen LogP contribution in [0.2, 0.25) is 0 Å². The van der Waals surface area contributed by atoms with Crippen LogP contribution < -0.4 is 5.32 Å². The predicted molar refractivity (Wildman–Crippen MR) is 69.1 cm³/mol. The maximum atomic E-state index is 11.5. The highest BCUT2D eigenvalue weighted by molar-refractivity contribution is 8.23. The Morgan fingerprint density at radius 3 is 3.00 bits per heavy atom. The number of rotatable bonds is 5. The minimum Gasteiger partial charge on any atom is -0.356 e. The van der Waals surface area contributed by atoms with Crippen molar-refractivity contribution in [1.29, 1.82) is 0 Å². The standard InChI is InChI=1S/C10H18N2OS2/c1-3-8(2)11-9(13)4-5-12-6-7-15-10(12)14/h8H,3-7H2,1-2H3,(H,11,13). The van der Waals surface area contributed by atoms with Gasteiger partial charge in [0.15, 0.2) is 0 Å². The first-order valence-electron chi connectivity index (χ1n) is 5.34. The van der Waals surface area contributed by atoms with Crippen molar-refractivity contribution < 1.29 is 4.79 Å². The van der Waals surface area contributed by atoms with Gasteiger partial charge in [-0.3, -0.25) is 4.79 Å². The van der Waals surface area contributed by atoms with Crippen LogP contribution in [0.1, 0.15) is 26.7 Å². The van der Waals surface area contributed by atoms with Gasteiger partial charge in [0.25, 0.3) is 0 Å². The molecule has 1 aliphatic rings. The molecule has 0 aromatic heterocycles. The molecule has 0 aromatic carbocycles. The number of hydrogen-bond donors (Lipinski definition) is 1. The number of hydrogen-bond acceptors (Lipinski definition) is 3. The Bertz CT molecular complexity index is 246. The number of thiocarbonyl (C=S) groups is 1. The average Bonchev–Trinajstić information content (AvgIpc) is 2.61. The fourth-order valence-electron chi connectivity index (χ4n) is 1.31. The topological polar surface area (TPSA) is 32.3 Å². The van der Waals surface area contributed by atoms with Gasteiger partial charge in [-0.25, -0.2) is 0 Å². The van der Waals surface area contributed by atoms with Crippen LogP contribution in [0.3, 0.4) is 0 Å². The van der Waals surface area contributed by atoms with E-state index in [1.165, 1.54) is 0 Å². The molecule has 0 aliphatic carbocycles. The van der Waals surface area contributed by atoms with Crippen molar-refractivity contribution in [2.75, 3.05) is 18.8 Å². The number of carbonyl (C=O) groups excluding carboxylic acids is 1. The van der Waals surface area contributed by atoms with Gasteiger partial charge in [0.1, 0.15) is 4.32 Å². The number of thioether (sulfide) groups is 1. The highest BCUT2D eigenvalue weighted by atomic mass is 32.2. The number of nitrogens with one attached hydrogen (secondary N) is 1. The normalized spacial score (nSPS) is 18.0. The second-order valence-electron chi connectivity index (χ2n) is 3.73. The summed E-state index contributed by atoms with van der Waals surface area (Å²) in [5.41, 5.74) is 0. The molecule has 1 unspecified atom stereocenters. The van der Waals surface area contributed by atoms with Crippen LogP contribution in [0, 0.1) is 0 Å². The molecule has 1 saturated heterocycles. The zero-order valence-electron chi connectivity index (χ0n) is 9.28. The van der Waals surface area contributed by atoms with Crippen LogP contribution in [0.25, 0.3) is 0 Å². The second kappa shape index (κ2) is 6.33. The lowest BCUT2D eigenvalue weighted by atomic mass is 10.2. The van der Waals surface area contributed by atoms with Gasteiger partial charge in [0.2, 0.25) is 5.91 Å². The van der Waals surface area contributed by atoms with E-state index in [-0.39, 0.29) is 11.9 Å². The van der Waals surface area contributed by atoms with Gasteiger partial charge >= 0.3 is 0 Å². The van der Waals surface area contributed by atoms with Gasteiger partial charge in [-0.1, -0.05) is 30.9 Å². The third kappa shape index (κ3) is 4.38. The van der Waals surface area contributed by atoms with Crippen LogP contribution in [-0.2, 0) is 4.79 Å². The lowest BCUT2D eigenvalue weighted by molar-refractivity contribution is -0.121. The third-order valence-electron chi connectivity index (χ3n) is 2.47. The van der Waals surface area contributed by atoms with Crippen molar-refractivity contribution in [2.24, 2.45) is 0 Å². The largest absolute Gasteiger partial charge is 0.356 e. The lowest BCUT2D eigenvalue weighted by Crippen LogP contribution is -2.35. The van der Waals surface area contributed by atoms with Crippen LogP contribution >= 0.6 is 24.0 Å². The molecule has 5 heteroatoms. The summed E-state index contributed by atoms with van der Waals surface area (Å²) in [4.78, 5) is 13.6. The lowest BCUT2D eigenvalue weighted by Gasteiger charge is -2.17. The molecule has 0 saturated carbocycles. The van der Waals surface area contributed by atoms with Crippen molar-refractivity contribution in [2.45, 2.75) is 32.7 Å². The second-order valence-corrected chi connectivity index (χ2v) is 5.46. The Balaban J connectivity index is 2.19. The maximum Gasteiger partial charge on any atom is 0.221 e. The molecule has 1 amide bonds. The van der Waals surface area contributed by atoms with Crippen LogP contribution in [-0.4, -0.2) is 40.0 Å². The number of amides is 1. The van der Waals surface area contributed by atoms with Crippen molar-refractivity contribution >= 4 is 34.2 Å². The predicted octanol–water partition coefficient (Wildman–Crippen LogP) is 1.62. The molecule has 0 radical (unpaired) electrons. The first-order chi connectivity index (χ1) is 7.13. The Labute approximate surface area is 101 Å². The summed E-state index contributed by atoms with van der Waals surface area (Å²) in [6.07, 6.45) is 1.52. The van der Waals surface area contributed by atoms with Gasteiger partial charge in [-0.15, -0.1) is 0 Å². The zero-order valence-corrected chi connectivity index (χ0v) is 10.9. The zero-order chi connectivity index (χ0) is 11.3. The van der Waals surface area contributed by atoms with Crippen molar-refractivity contribution in [3.63, 3.8) is 0 Å². The molecule has 0 aromatic rings. The Kier molecular flexibility index (Phi) is 5.39. The molecule has 1 rings (SSSR count). The maximum absolute atomic E-state index is 11.5. The summed E-state index contributed by atoms with van der Waals surface area (Å²) in [5, 5.41) is 2.95. The highest BCUT2D eigenvalue weighted by Gasteiger charge is 2.18. The Morgan fingerprint density at radius 1 is 1.73 bits per heavy atom. The van der Waals surface area contributed by atoms with Crippen LogP contribution in [0.5, 0.6) is 0 Å². The van der Waals surface area contributed by atoms with E-state index in [0.717, 1.165) is 29.6 Å². The summed E-state index contributed by atoms with van der Waals surface area (Å²) in [6, 6.07) is 0.275. The number of carbonyl (C=O) groups is 1. The average molecular weight is 246 g/mol. The molecule has 0 bridgehead atoms. The smallest absolute Gasteiger partial charge is 0.221 e. The van der Waals surface area contributed by atoms with E-state index in [4.69, 9.17) is 12.2 Å². The van der Waals surface area contributed by atoms with Gasteiger partial charge in [-0.2, -0.15) is 0 Å². The number of nitrogens with zero attached hydrogens (tertiary/aromatic N) is 1. The molecular weight excluding hydrogens is 228 g/mol. The summed E-state index contributed by atoms with van der Waals surface area (Å²) >= 11 is 6.86. The van der Waals surface area contributed by atoms with Crippen molar-refractivity contribution in [1.82, 2.24) is 10.2 Å². The van der Waals surface area contributed by atoms with Gasteiger partial charge in [0.05, 0.1) is 0 Å². The summed E-state index contributed by atoms with van der Waals surface area (Å²) < 4.78 is 0.936. The molecule has 1 atom stereocenters. The van der Waals surface area contributed by atoms with Crippen molar-refractivity contribution in [3.8, 4) is 0 Å². The third-order valence-corrected chi connectivity index (χ3v) is 3.98. The van der Waals surface area contributed by atoms with Gasteiger partial charge in [-0.05, 0) is 13.3 Å². The fourth-order valence-corrected chi connectivity index (χ4v) is 2.60. The molecule has 1 N–H and O–H groups in total. The fraction of sp³-hybridized carbons (Fsp3) is 0.800. The quantitative estimate of drug-likeness (QED) is 0.747. The minimum absolute atomic E-state index is 0.129. The minimum atomic E-state index is 0.129. The van der Waals surface area contributed by atoms with Crippen LogP contribution in [0.15, 0.2) is 0 Å². The molecule has 86 valence electrons. The van der Waals surface area contributed by atoms with Gasteiger partial charge in [0, 0.05) is 31.3 Å². The molecule has 1 fully saturated rings. The first-order valence-corrected chi connectivity index (χ1v) is 6.74. The van der Waals surface area contributed by atoms with E-state index in [1.807, 2.05) is 6.92 Å². The van der Waals surface area contributed by atoms with Crippen LogP contribution in [0.4, 0.5) is 0 Å². The molecule has 1 heterocycles. The molecule has 0 spiro atoms. The summed E-state index contributed by atoms with van der Waals surface area (Å²) in [7, 11) is 0. The molecule has 1 aliphatic heterocycles. The SMILES string of the molecule is CCC(C)NC(=O)CCN1CCSC1=S. The van der Waals surface area contributed by atoms with E-state index < -0.39 is 0 Å². The van der Waals surface area contributed by atoms with Crippen molar-refractivity contribution in [3.05, 3.63) is 0 Å². The first kappa shape index (κ1) is 12.8. The van der Waals surface area contributed by atoms with E-state index in [1.54, 1.807) is 11.8 Å². The summed E-state index contributed by atoms with van der Waals surface area (Å²) in [6.45, 7) is 5.83. The van der Waals surface area contributed by atoms with E-state index in [2.05, 4.69) is 17.1 Å². The van der Waals surface area contributed by atoms with E-state index >= 15 is 0 Å². The monoisotopic (exact) mass is 246 g/mol. The Morgan fingerprint density at radius 2 is 2.47 bits per heavy atom. The highest BCUT2D eigenvalue weighted by Crippen LogP contribution is 2.17. The molecule has 3 nitrogen and oxygen atoms in total. The summed E-state index contributed by atoms with van der Waals surface area (Å²) in [5.74, 6) is 1.19. The molecule has 15 heavy (non-hydrogen) atoms. The van der Waals surface area contributed by atoms with E-state index in [0.29, 0.717) is 6.42 Å². The molecular formula is C10H18N2OS2. The van der Waals surface area contributed by atoms with E-state index in [9.17, 15) is 4.79 Å². The van der Waals surface area contributed by atoms with Gasteiger partial charge < -0.3 is 10.2 Å².